The van der Waals surface area contributed by atoms with E-state index in [0.717, 1.165) is 17.9 Å². The molecule has 1 aliphatic rings. The SMILES string of the molecule is CC1CNc2nc(N)nc(N)c21. The molecule has 1 unspecified atom stereocenters. The number of nitrogens with one attached hydrogen (secondary N) is 1. The predicted octanol–water partition coefficient (Wildman–Crippen LogP) is 0.170. The first-order valence-corrected chi connectivity index (χ1v) is 3.85. The lowest BCUT2D eigenvalue weighted by atomic mass is 10.1. The summed E-state index contributed by atoms with van der Waals surface area (Å²) < 4.78 is 0. The second-order valence-electron chi connectivity index (χ2n) is 3.01. The highest BCUT2D eigenvalue weighted by Gasteiger charge is 2.23. The zero-order chi connectivity index (χ0) is 8.72. The maximum absolute atomic E-state index is 5.69. The largest absolute Gasteiger partial charge is 0.383 e. The fourth-order valence-corrected chi connectivity index (χ4v) is 1.48. The molecule has 0 fully saturated rings. The minimum atomic E-state index is 0.229. The Labute approximate surface area is 70.2 Å². The molecule has 0 bridgehead atoms. The average molecular weight is 165 g/mol. The van der Waals surface area contributed by atoms with Gasteiger partial charge in [0.2, 0.25) is 5.95 Å². The van der Waals surface area contributed by atoms with Gasteiger partial charge in [-0.15, -0.1) is 0 Å². The van der Waals surface area contributed by atoms with Gasteiger partial charge in [-0.1, -0.05) is 6.92 Å². The van der Waals surface area contributed by atoms with Crippen molar-refractivity contribution in [2.75, 3.05) is 23.3 Å². The molecule has 64 valence electrons. The number of hydrogen-bond acceptors (Lipinski definition) is 5. The zero-order valence-electron chi connectivity index (χ0n) is 6.83. The van der Waals surface area contributed by atoms with Gasteiger partial charge >= 0.3 is 0 Å². The molecular formula is C7H11N5. The Morgan fingerprint density at radius 2 is 2.17 bits per heavy atom. The Bertz CT molecular complexity index is 322. The molecule has 0 saturated heterocycles. The maximum atomic E-state index is 5.69. The number of hydrogen-bond donors (Lipinski definition) is 3. The third-order valence-electron chi connectivity index (χ3n) is 2.06. The monoisotopic (exact) mass is 165 g/mol. The van der Waals surface area contributed by atoms with Gasteiger partial charge in [0.25, 0.3) is 0 Å². The van der Waals surface area contributed by atoms with E-state index >= 15 is 0 Å². The molecule has 0 amide bonds. The van der Waals surface area contributed by atoms with Crippen molar-refractivity contribution in [3.63, 3.8) is 0 Å². The number of anilines is 3. The molecule has 2 heterocycles. The van der Waals surface area contributed by atoms with Gasteiger partial charge in [0.05, 0.1) is 0 Å². The molecule has 5 N–H and O–H groups in total. The van der Waals surface area contributed by atoms with Crippen LogP contribution in [0.25, 0.3) is 0 Å². The van der Waals surface area contributed by atoms with Crippen molar-refractivity contribution in [3.8, 4) is 0 Å². The Hall–Kier alpha value is -1.52. The number of fused-ring (bicyclic) bond motifs is 1. The fraction of sp³-hybridized carbons (Fsp3) is 0.429. The van der Waals surface area contributed by atoms with E-state index < -0.39 is 0 Å². The molecule has 0 aromatic carbocycles. The van der Waals surface area contributed by atoms with Gasteiger partial charge in [-0.05, 0) is 0 Å². The van der Waals surface area contributed by atoms with Gasteiger partial charge < -0.3 is 16.8 Å². The van der Waals surface area contributed by atoms with Crippen LogP contribution in [0.15, 0.2) is 0 Å². The van der Waals surface area contributed by atoms with Gasteiger partial charge in [-0.3, -0.25) is 0 Å². The second-order valence-corrected chi connectivity index (χ2v) is 3.01. The van der Waals surface area contributed by atoms with Gasteiger partial charge in [-0.25, -0.2) is 0 Å². The molecule has 0 saturated carbocycles. The molecule has 2 rings (SSSR count). The van der Waals surface area contributed by atoms with Crippen LogP contribution in [0, 0.1) is 0 Å². The smallest absolute Gasteiger partial charge is 0.223 e. The lowest BCUT2D eigenvalue weighted by Crippen LogP contribution is -2.03. The van der Waals surface area contributed by atoms with Crippen LogP contribution >= 0.6 is 0 Å². The lowest BCUT2D eigenvalue weighted by Gasteiger charge is -2.04. The van der Waals surface area contributed by atoms with Crippen molar-refractivity contribution in [1.29, 1.82) is 0 Å². The van der Waals surface area contributed by atoms with Crippen LogP contribution in [0.1, 0.15) is 18.4 Å². The number of nitrogens with zero attached hydrogens (tertiary/aromatic N) is 2. The Morgan fingerprint density at radius 3 is 2.92 bits per heavy atom. The second kappa shape index (κ2) is 2.23. The van der Waals surface area contributed by atoms with E-state index in [9.17, 15) is 0 Å². The summed E-state index contributed by atoms with van der Waals surface area (Å²) in [6.45, 7) is 2.94. The van der Waals surface area contributed by atoms with Crippen LogP contribution in [-0.4, -0.2) is 16.5 Å². The minimum absolute atomic E-state index is 0.229. The van der Waals surface area contributed by atoms with E-state index in [1.807, 2.05) is 0 Å². The average Bonchev–Trinajstić information content (AvgIpc) is 2.31. The van der Waals surface area contributed by atoms with E-state index in [4.69, 9.17) is 11.5 Å². The molecule has 1 aliphatic heterocycles. The molecule has 1 aromatic heterocycles. The van der Waals surface area contributed by atoms with Gasteiger partial charge in [-0.2, -0.15) is 9.97 Å². The van der Waals surface area contributed by atoms with E-state index in [-0.39, 0.29) is 5.95 Å². The van der Waals surface area contributed by atoms with E-state index in [1.165, 1.54) is 0 Å². The van der Waals surface area contributed by atoms with Crippen LogP contribution in [0.4, 0.5) is 17.6 Å². The summed E-state index contributed by atoms with van der Waals surface area (Å²) in [6, 6.07) is 0. The topological polar surface area (TPSA) is 89.8 Å². The highest BCUT2D eigenvalue weighted by molar-refractivity contribution is 5.63. The van der Waals surface area contributed by atoms with E-state index in [1.54, 1.807) is 0 Å². The number of nitrogens with two attached hydrogens (primary N) is 2. The van der Waals surface area contributed by atoms with Crippen molar-refractivity contribution < 1.29 is 0 Å². The highest BCUT2D eigenvalue weighted by Crippen LogP contribution is 2.33. The molecule has 1 aromatic rings. The van der Waals surface area contributed by atoms with Crippen molar-refractivity contribution in [3.05, 3.63) is 5.56 Å². The van der Waals surface area contributed by atoms with Gasteiger partial charge in [0.1, 0.15) is 11.6 Å². The van der Waals surface area contributed by atoms with Crippen LogP contribution in [0.5, 0.6) is 0 Å². The van der Waals surface area contributed by atoms with Crippen LogP contribution in [0.3, 0.4) is 0 Å². The minimum Gasteiger partial charge on any atom is -0.383 e. The lowest BCUT2D eigenvalue weighted by molar-refractivity contribution is 0.852. The zero-order valence-corrected chi connectivity index (χ0v) is 6.83. The predicted molar refractivity (Wildman–Crippen MR) is 47.8 cm³/mol. The van der Waals surface area contributed by atoms with Crippen LogP contribution in [-0.2, 0) is 0 Å². The van der Waals surface area contributed by atoms with Crippen LogP contribution in [0.2, 0.25) is 0 Å². The van der Waals surface area contributed by atoms with Crippen molar-refractivity contribution >= 4 is 17.6 Å². The van der Waals surface area contributed by atoms with E-state index in [0.29, 0.717) is 11.7 Å². The molecule has 0 aliphatic carbocycles. The summed E-state index contributed by atoms with van der Waals surface area (Å²) in [5, 5.41) is 3.12. The highest BCUT2D eigenvalue weighted by atomic mass is 15.1. The quantitative estimate of drug-likeness (QED) is 0.510. The van der Waals surface area contributed by atoms with Crippen molar-refractivity contribution in [1.82, 2.24) is 9.97 Å². The third kappa shape index (κ3) is 0.861. The molecule has 0 radical (unpaired) electrons. The summed E-state index contributed by atoms with van der Waals surface area (Å²) in [5.41, 5.74) is 12.1. The molecule has 5 heteroatoms. The van der Waals surface area contributed by atoms with Gasteiger partial charge in [0.15, 0.2) is 0 Å². The summed E-state index contributed by atoms with van der Waals surface area (Å²) in [7, 11) is 0. The Kier molecular flexibility index (Phi) is 1.33. The van der Waals surface area contributed by atoms with Crippen molar-refractivity contribution in [2.45, 2.75) is 12.8 Å². The number of rotatable bonds is 0. The molecule has 1 atom stereocenters. The number of aromatic nitrogens is 2. The number of nitrogen functional groups attached to an aromatic ring is 2. The Morgan fingerprint density at radius 1 is 1.42 bits per heavy atom. The van der Waals surface area contributed by atoms with Crippen LogP contribution < -0.4 is 16.8 Å². The molecule has 12 heavy (non-hydrogen) atoms. The molecule has 0 spiro atoms. The van der Waals surface area contributed by atoms with Gasteiger partial charge in [0, 0.05) is 18.0 Å². The normalized spacial score (nSPS) is 20.2. The fourth-order valence-electron chi connectivity index (χ4n) is 1.48. The first kappa shape index (κ1) is 7.15. The summed E-state index contributed by atoms with van der Waals surface area (Å²) >= 11 is 0. The summed E-state index contributed by atoms with van der Waals surface area (Å²) in [4.78, 5) is 7.94. The third-order valence-corrected chi connectivity index (χ3v) is 2.06. The molecule has 5 nitrogen and oxygen atoms in total. The first-order valence-electron chi connectivity index (χ1n) is 3.85. The maximum Gasteiger partial charge on any atom is 0.223 e. The summed E-state index contributed by atoms with van der Waals surface area (Å²) in [5.74, 6) is 1.89. The Balaban J connectivity index is 2.60. The first-order chi connectivity index (χ1) is 5.68. The molecular weight excluding hydrogens is 154 g/mol. The summed E-state index contributed by atoms with van der Waals surface area (Å²) in [6.07, 6.45) is 0. The van der Waals surface area contributed by atoms with E-state index in [2.05, 4.69) is 22.2 Å². The van der Waals surface area contributed by atoms with Crippen molar-refractivity contribution in [2.24, 2.45) is 0 Å². The standard InChI is InChI=1S/C7H11N5/c1-3-2-10-6-4(3)5(8)11-7(9)12-6/h3H,2H2,1H3,(H5,8,9,10,11,12).